The summed E-state index contributed by atoms with van der Waals surface area (Å²) in [6.07, 6.45) is 4.66. The number of benzene rings is 4. The van der Waals surface area contributed by atoms with E-state index in [0.717, 1.165) is 25.3 Å². The molecule has 2 atom stereocenters. The largest absolute Gasteiger partial charge is 0.497 e. The number of piperidine rings is 1. The van der Waals surface area contributed by atoms with Crippen LogP contribution < -0.4 is 4.74 Å². The minimum atomic E-state index is -0.186. The molecule has 190 valence electrons. The van der Waals surface area contributed by atoms with Gasteiger partial charge in [0.1, 0.15) is 5.75 Å². The Morgan fingerprint density at radius 1 is 0.730 bits per heavy atom. The quantitative estimate of drug-likeness (QED) is 0.220. The number of methoxy groups -OCH3 is 1. The first-order valence-corrected chi connectivity index (χ1v) is 13.8. The number of rotatable bonds is 9. The third-order valence-electron chi connectivity index (χ3n) is 8.47. The highest BCUT2D eigenvalue weighted by molar-refractivity contribution is 5.50. The molecular weight excluding hydrogens is 450 g/mol. The van der Waals surface area contributed by atoms with Gasteiger partial charge >= 0.3 is 0 Å². The van der Waals surface area contributed by atoms with Crippen LogP contribution in [-0.2, 0) is 5.41 Å². The van der Waals surface area contributed by atoms with Crippen LogP contribution in [0.15, 0.2) is 115 Å². The molecule has 0 aromatic heterocycles. The summed E-state index contributed by atoms with van der Waals surface area (Å²) in [4.78, 5) is 2.77. The van der Waals surface area contributed by atoms with Gasteiger partial charge in [-0.15, -0.1) is 0 Å². The van der Waals surface area contributed by atoms with Gasteiger partial charge in [0.25, 0.3) is 0 Å². The fourth-order valence-electron chi connectivity index (χ4n) is 6.41. The second-order valence-corrected chi connectivity index (χ2v) is 10.3. The molecule has 0 bridgehead atoms. The summed E-state index contributed by atoms with van der Waals surface area (Å²) in [5, 5.41) is 0. The Bertz CT molecular complexity index is 1120. The molecule has 0 saturated carbocycles. The summed E-state index contributed by atoms with van der Waals surface area (Å²) in [7, 11) is 1.74. The lowest BCUT2D eigenvalue weighted by Gasteiger charge is -2.43. The fourth-order valence-corrected chi connectivity index (χ4v) is 6.41. The maximum Gasteiger partial charge on any atom is 0.118 e. The van der Waals surface area contributed by atoms with Crippen molar-refractivity contribution < 1.29 is 4.74 Å². The van der Waals surface area contributed by atoms with Gasteiger partial charge in [-0.3, -0.25) is 0 Å². The molecule has 0 aliphatic carbocycles. The molecule has 1 fully saturated rings. The van der Waals surface area contributed by atoms with E-state index in [0.29, 0.717) is 12.0 Å². The average molecular weight is 490 g/mol. The molecule has 1 heterocycles. The van der Waals surface area contributed by atoms with Crippen molar-refractivity contribution >= 4 is 0 Å². The summed E-state index contributed by atoms with van der Waals surface area (Å²) in [5.74, 6) is 1.56. The molecule has 0 amide bonds. The SMILES string of the molecule is CCC1CC(c2ccc(OC)cc2)CCN1CCC(c1ccccc1)(c1ccccc1)c1ccccc1. The zero-order valence-corrected chi connectivity index (χ0v) is 22.2. The number of hydrogen-bond acceptors (Lipinski definition) is 2. The molecule has 2 nitrogen and oxygen atoms in total. The lowest BCUT2D eigenvalue weighted by molar-refractivity contribution is 0.124. The highest BCUT2D eigenvalue weighted by atomic mass is 16.5. The second kappa shape index (κ2) is 11.8. The summed E-state index contributed by atoms with van der Waals surface area (Å²) in [5.41, 5.74) is 5.37. The Hall–Kier alpha value is -3.36. The normalized spacial score (nSPS) is 18.4. The Kier molecular flexibility index (Phi) is 8.06. The second-order valence-electron chi connectivity index (χ2n) is 10.3. The smallest absolute Gasteiger partial charge is 0.118 e. The molecule has 1 aliphatic heterocycles. The van der Waals surface area contributed by atoms with Gasteiger partial charge in [0.15, 0.2) is 0 Å². The van der Waals surface area contributed by atoms with E-state index >= 15 is 0 Å². The summed E-state index contributed by atoms with van der Waals surface area (Å²) >= 11 is 0. The van der Waals surface area contributed by atoms with Crippen molar-refractivity contribution in [2.24, 2.45) is 0 Å². The topological polar surface area (TPSA) is 12.5 Å². The van der Waals surface area contributed by atoms with Crippen LogP contribution in [0.2, 0.25) is 0 Å². The van der Waals surface area contributed by atoms with Crippen LogP contribution in [0.25, 0.3) is 0 Å². The van der Waals surface area contributed by atoms with Gasteiger partial charge in [-0.05, 0) is 79.1 Å². The number of ether oxygens (including phenoxy) is 1. The van der Waals surface area contributed by atoms with Gasteiger partial charge in [-0.1, -0.05) is 110 Å². The zero-order valence-electron chi connectivity index (χ0n) is 22.2. The predicted molar refractivity (Wildman–Crippen MR) is 154 cm³/mol. The van der Waals surface area contributed by atoms with Crippen molar-refractivity contribution in [1.82, 2.24) is 4.90 Å². The van der Waals surface area contributed by atoms with Gasteiger partial charge in [0.2, 0.25) is 0 Å². The van der Waals surface area contributed by atoms with Crippen molar-refractivity contribution in [3.8, 4) is 5.75 Å². The zero-order chi connectivity index (χ0) is 25.5. The maximum absolute atomic E-state index is 5.38. The van der Waals surface area contributed by atoms with Crippen molar-refractivity contribution in [3.05, 3.63) is 138 Å². The van der Waals surface area contributed by atoms with E-state index in [4.69, 9.17) is 4.74 Å². The van der Waals surface area contributed by atoms with Gasteiger partial charge in [-0.2, -0.15) is 0 Å². The van der Waals surface area contributed by atoms with E-state index in [-0.39, 0.29) is 5.41 Å². The third kappa shape index (κ3) is 5.36. The standard InChI is InChI=1S/C35H39NO/c1-3-33-27-29(28-19-21-34(37-2)22-20-28)23-25-36(33)26-24-35(30-13-7-4-8-14-30,31-15-9-5-10-16-31)32-17-11-6-12-18-32/h4-22,29,33H,3,23-27H2,1-2H3. The van der Waals surface area contributed by atoms with Crippen LogP contribution in [0.5, 0.6) is 5.75 Å². The summed E-state index contributed by atoms with van der Waals surface area (Å²) < 4.78 is 5.38. The van der Waals surface area contributed by atoms with Gasteiger partial charge in [-0.25, -0.2) is 0 Å². The first-order valence-electron chi connectivity index (χ1n) is 13.8. The third-order valence-corrected chi connectivity index (χ3v) is 8.47. The van der Waals surface area contributed by atoms with Crippen molar-refractivity contribution in [2.45, 2.75) is 50.0 Å². The molecule has 0 radical (unpaired) electrons. The molecule has 2 heteroatoms. The molecule has 4 aromatic rings. The monoisotopic (exact) mass is 489 g/mol. The van der Waals surface area contributed by atoms with Crippen molar-refractivity contribution in [2.75, 3.05) is 20.2 Å². The van der Waals surface area contributed by atoms with Crippen LogP contribution in [0.3, 0.4) is 0 Å². The van der Waals surface area contributed by atoms with Gasteiger partial charge in [0, 0.05) is 11.5 Å². The van der Waals surface area contributed by atoms with Crippen molar-refractivity contribution in [3.63, 3.8) is 0 Å². The molecule has 1 saturated heterocycles. The average Bonchev–Trinajstić information content (AvgIpc) is 2.99. The highest BCUT2D eigenvalue weighted by Gasteiger charge is 2.37. The molecule has 37 heavy (non-hydrogen) atoms. The van der Waals surface area contributed by atoms with Crippen LogP contribution in [0.1, 0.15) is 60.8 Å². The Labute approximate surface area is 222 Å². The molecule has 0 spiro atoms. The minimum Gasteiger partial charge on any atom is -0.497 e. The lowest BCUT2D eigenvalue weighted by atomic mass is 9.67. The van der Waals surface area contributed by atoms with Gasteiger partial charge < -0.3 is 9.64 Å². The Morgan fingerprint density at radius 3 is 1.70 bits per heavy atom. The van der Waals surface area contributed by atoms with Crippen molar-refractivity contribution in [1.29, 1.82) is 0 Å². The van der Waals surface area contributed by atoms with E-state index in [2.05, 4.69) is 127 Å². The van der Waals surface area contributed by atoms with Crippen LogP contribution in [0.4, 0.5) is 0 Å². The van der Waals surface area contributed by atoms with E-state index in [1.54, 1.807) is 7.11 Å². The molecule has 5 rings (SSSR count). The molecule has 4 aromatic carbocycles. The lowest BCUT2D eigenvalue weighted by Crippen LogP contribution is -2.44. The van der Waals surface area contributed by atoms with Crippen LogP contribution in [-0.4, -0.2) is 31.1 Å². The van der Waals surface area contributed by atoms with Crippen LogP contribution in [0, 0.1) is 0 Å². The Balaban J connectivity index is 1.43. The maximum atomic E-state index is 5.38. The van der Waals surface area contributed by atoms with E-state index in [9.17, 15) is 0 Å². The number of likely N-dealkylation sites (tertiary alicyclic amines) is 1. The minimum absolute atomic E-state index is 0.186. The highest BCUT2D eigenvalue weighted by Crippen LogP contribution is 2.43. The van der Waals surface area contributed by atoms with E-state index in [1.807, 2.05) is 0 Å². The molecule has 0 N–H and O–H groups in total. The number of nitrogens with zero attached hydrogens (tertiary/aromatic N) is 1. The fraction of sp³-hybridized carbons (Fsp3) is 0.314. The first-order chi connectivity index (χ1) is 18.2. The molecule has 2 unspecified atom stereocenters. The predicted octanol–water partition coefficient (Wildman–Crippen LogP) is 8.08. The van der Waals surface area contributed by atoms with Crippen LogP contribution >= 0.6 is 0 Å². The first kappa shape index (κ1) is 25.3. The summed E-state index contributed by atoms with van der Waals surface area (Å²) in [6, 6.07) is 42.7. The molecular formula is C35H39NO. The van der Waals surface area contributed by atoms with E-state index < -0.39 is 0 Å². The summed E-state index contributed by atoms with van der Waals surface area (Å²) in [6.45, 7) is 4.57. The molecule has 1 aliphatic rings. The van der Waals surface area contributed by atoms with E-state index in [1.165, 1.54) is 41.5 Å². The van der Waals surface area contributed by atoms with Gasteiger partial charge in [0.05, 0.1) is 7.11 Å². The Morgan fingerprint density at radius 2 is 1.24 bits per heavy atom. The number of hydrogen-bond donors (Lipinski definition) is 0.